The number of allylic oxidation sites excluding steroid dienone is 2. The Hall–Kier alpha value is -0.470. The van der Waals surface area contributed by atoms with Gasteiger partial charge in [-0.25, -0.2) is 0 Å². The van der Waals surface area contributed by atoms with Crippen LogP contribution in [0.25, 0.3) is 0 Å². The lowest BCUT2D eigenvalue weighted by Crippen LogP contribution is -2.21. The fraction of sp³-hybridized carbons (Fsp3) is 0.375. The summed E-state index contributed by atoms with van der Waals surface area (Å²) in [7, 11) is 0. The fourth-order valence-electron chi connectivity index (χ4n) is 1.43. The van der Waals surface area contributed by atoms with Crippen molar-refractivity contribution in [3.63, 3.8) is 0 Å². The molecule has 2 heteroatoms. The molecule has 0 saturated carbocycles. The van der Waals surface area contributed by atoms with E-state index in [9.17, 15) is 0 Å². The quantitative estimate of drug-likeness (QED) is 0.522. The van der Waals surface area contributed by atoms with Crippen molar-refractivity contribution >= 4 is 17.1 Å². The minimum absolute atomic E-state index is 0.492. The standard InChI is InChI=1S/C8H9NS/c10-7-1-2-8-6(5-7)3-4-9-8/h1-2,5,8-9H,3-4H2/t8-/m1/s1. The molecule has 0 unspecified atom stereocenters. The van der Waals surface area contributed by atoms with Gasteiger partial charge in [-0.1, -0.05) is 18.3 Å². The molecule has 0 aromatic carbocycles. The normalized spacial score (nSPS) is 30.2. The Bertz CT molecular complexity index is 227. The van der Waals surface area contributed by atoms with Crippen molar-refractivity contribution in [2.45, 2.75) is 12.5 Å². The first-order valence-corrected chi connectivity index (χ1v) is 3.93. The molecule has 0 spiro atoms. The van der Waals surface area contributed by atoms with E-state index in [0.29, 0.717) is 6.04 Å². The monoisotopic (exact) mass is 151 g/mol. The molecule has 1 heterocycles. The maximum atomic E-state index is 5.04. The molecule has 2 aliphatic rings. The number of hydrogen-bond acceptors (Lipinski definition) is 2. The maximum absolute atomic E-state index is 5.04. The SMILES string of the molecule is S=C1C=C[C@H]2NCCC2=C1. The van der Waals surface area contributed by atoms with E-state index in [2.05, 4.69) is 17.5 Å². The van der Waals surface area contributed by atoms with E-state index in [1.807, 2.05) is 6.08 Å². The van der Waals surface area contributed by atoms with E-state index < -0.39 is 0 Å². The highest BCUT2D eigenvalue weighted by molar-refractivity contribution is 7.81. The minimum atomic E-state index is 0.492. The Morgan fingerprint density at radius 3 is 3.40 bits per heavy atom. The highest BCUT2D eigenvalue weighted by atomic mass is 32.1. The first kappa shape index (κ1) is 6.25. The van der Waals surface area contributed by atoms with Gasteiger partial charge in [-0.15, -0.1) is 0 Å². The number of rotatable bonds is 0. The van der Waals surface area contributed by atoms with Gasteiger partial charge in [0.1, 0.15) is 0 Å². The van der Waals surface area contributed by atoms with Crippen molar-refractivity contribution in [1.82, 2.24) is 5.32 Å². The maximum Gasteiger partial charge on any atom is 0.0473 e. The molecule has 0 amide bonds. The first-order valence-electron chi connectivity index (χ1n) is 3.52. The zero-order chi connectivity index (χ0) is 6.97. The summed E-state index contributed by atoms with van der Waals surface area (Å²) in [6.07, 6.45) is 7.42. The summed E-state index contributed by atoms with van der Waals surface area (Å²) < 4.78 is 0. The zero-order valence-electron chi connectivity index (χ0n) is 5.63. The van der Waals surface area contributed by atoms with Crippen LogP contribution in [0.4, 0.5) is 0 Å². The van der Waals surface area contributed by atoms with Gasteiger partial charge in [-0.3, -0.25) is 0 Å². The molecule has 0 aromatic rings. The Balaban J connectivity index is 2.30. The second kappa shape index (κ2) is 2.29. The largest absolute Gasteiger partial charge is 0.307 e. The van der Waals surface area contributed by atoms with E-state index >= 15 is 0 Å². The van der Waals surface area contributed by atoms with Crippen LogP contribution in [0.3, 0.4) is 0 Å². The molecule has 1 nitrogen and oxygen atoms in total. The minimum Gasteiger partial charge on any atom is -0.307 e. The van der Waals surface area contributed by atoms with Crippen LogP contribution in [0, 0.1) is 0 Å². The molecule has 1 N–H and O–H groups in total. The molecule has 0 bridgehead atoms. The van der Waals surface area contributed by atoms with Crippen LogP contribution in [-0.2, 0) is 0 Å². The van der Waals surface area contributed by atoms with E-state index in [4.69, 9.17) is 12.2 Å². The molecule has 1 aliphatic carbocycles. The van der Waals surface area contributed by atoms with Gasteiger partial charge in [0.2, 0.25) is 0 Å². The summed E-state index contributed by atoms with van der Waals surface area (Å²) in [5.74, 6) is 0. The van der Waals surface area contributed by atoms with Crippen molar-refractivity contribution in [2.24, 2.45) is 0 Å². The summed E-state index contributed by atoms with van der Waals surface area (Å²) >= 11 is 5.04. The topological polar surface area (TPSA) is 12.0 Å². The Morgan fingerprint density at radius 2 is 2.50 bits per heavy atom. The third-order valence-corrected chi connectivity index (χ3v) is 2.21. The molecule has 1 fully saturated rings. The summed E-state index contributed by atoms with van der Waals surface area (Å²) in [4.78, 5) is 0.968. The lowest BCUT2D eigenvalue weighted by Gasteiger charge is -2.10. The van der Waals surface area contributed by atoms with Crippen molar-refractivity contribution < 1.29 is 0 Å². The zero-order valence-corrected chi connectivity index (χ0v) is 6.45. The molecule has 1 saturated heterocycles. The van der Waals surface area contributed by atoms with E-state index in [1.54, 1.807) is 0 Å². The lowest BCUT2D eigenvalue weighted by atomic mass is 10.0. The highest BCUT2D eigenvalue weighted by Gasteiger charge is 2.19. The van der Waals surface area contributed by atoms with Gasteiger partial charge in [-0.2, -0.15) is 0 Å². The van der Waals surface area contributed by atoms with E-state index in [-0.39, 0.29) is 0 Å². The Morgan fingerprint density at radius 1 is 1.60 bits per heavy atom. The van der Waals surface area contributed by atoms with Crippen molar-refractivity contribution in [3.05, 3.63) is 23.8 Å². The fourth-order valence-corrected chi connectivity index (χ4v) is 1.66. The smallest absolute Gasteiger partial charge is 0.0473 e. The average molecular weight is 151 g/mol. The molecule has 2 rings (SSSR count). The second-order valence-corrected chi connectivity index (χ2v) is 3.13. The second-order valence-electron chi connectivity index (χ2n) is 2.66. The van der Waals surface area contributed by atoms with Gasteiger partial charge in [0.15, 0.2) is 0 Å². The van der Waals surface area contributed by atoms with Crippen molar-refractivity contribution in [1.29, 1.82) is 0 Å². The predicted octanol–water partition coefficient (Wildman–Crippen LogP) is 1.21. The Kier molecular flexibility index (Phi) is 1.43. The molecular weight excluding hydrogens is 142 g/mol. The van der Waals surface area contributed by atoms with Crippen LogP contribution in [0.15, 0.2) is 23.8 Å². The van der Waals surface area contributed by atoms with Crippen LogP contribution in [0.5, 0.6) is 0 Å². The van der Waals surface area contributed by atoms with Crippen LogP contribution in [0.2, 0.25) is 0 Å². The van der Waals surface area contributed by atoms with Gasteiger partial charge in [0.05, 0.1) is 0 Å². The molecule has 52 valence electrons. The van der Waals surface area contributed by atoms with Crippen LogP contribution < -0.4 is 5.32 Å². The van der Waals surface area contributed by atoms with Gasteiger partial charge in [-0.05, 0) is 30.7 Å². The van der Waals surface area contributed by atoms with Crippen LogP contribution in [0.1, 0.15) is 6.42 Å². The first-order chi connectivity index (χ1) is 4.86. The van der Waals surface area contributed by atoms with Crippen LogP contribution >= 0.6 is 12.2 Å². The molecule has 1 aliphatic heterocycles. The van der Waals surface area contributed by atoms with Gasteiger partial charge < -0.3 is 5.32 Å². The number of thiocarbonyl (C=S) groups is 1. The van der Waals surface area contributed by atoms with E-state index in [1.165, 1.54) is 5.57 Å². The van der Waals surface area contributed by atoms with Crippen molar-refractivity contribution in [3.8, 4) is 0 Å². The molecule has 1 atom stereocenters. The van der Waals surface area contributed by atoms with E-state index in [0.717, 1.165) is 17.8 Å². The highest BCUT2D eigenvalue weighted by Crippen LogP contribution is 2.18. The summed E-state index contributed by atoms with van der Waals surface area (Å²) in [6, 6.07) is 0.492. The third kappa shape index (κ3) is 0.935. The molecule has 0 aromatic heterocycles. The number of nitrogens with one attached hydrogen (secondary N) is 1. The third-order valence-electron chi connectivity index (χ3n) is 1.96. The van der Waals surface area contributed by atoms with Crippen LogP contribution in [-0.4, -0.2) is 17.5 Å². The summed E-state index contributed by atoms with van der Waals surface area (Å²) in [5, 5.41) is 3.36. The number of hydrogen-bond donors (Lipinski definition) is 1. The Labute approximate surface area is 65.8 Å². The average Bonchev–Trinajstić information content (AvgIpc) is 2.33. The van der Waals surface area contributed by atoms with Gasteiger partial charge >= 0.3 is 0 Å². The lowest BCUT2D eigenvalue weighted by molar-refractivity contribution is 0.773. The molecule has 0 radical (unpaired) electrons. The summed E-state index contributed by atoms with van der Waals surface area (Å²) in [6.45, 7) is 1.10. The van der Waals surface area contributed by atoms with Gasteiger partial charge in [0.25, 0.3) is 0 Å². The number of fused-ring (bicyclic) bond motifs is 1. The molecular formula is C8H9NS. The summed E-state index contributed by atoms with van der Waals surface area (Å²) in [5.41, 5.74) is 1.45. The van der Waals surface area contributed by atoms with Gasteiger partial charge in [0, 0.05) is 10.9 Å². The molecule has 10 heavy (non-hydrogen) atoms. The predicted molar refractivity (Wildman–Crippen MR) is 46.2 cm³/mol. The van der Waals surface area contributed by atoms with Crippen molar-refractivity contribution in [2.75, 3.05) is 6.54 Å².